The molecule has 0 aromatic heterocycles. The summed E-state index contributed by atoms with van der Waals surface area (Å²) >= 11 is 0. The first-order chi connectivity index (χ1) is 5.20. The Balaban J connectivity index is 3.20. The molecule has 1 unspecified atom stereocenters. The lowest BCUT2D eigenvalue weighted by Crippen LogP contribution is -1.93. The van der Waals surface area contributed by atoms with Crippen LogP contribution in [0.5, 0.6) is 0 Å². The zero-order valence-corrected chi connectivity index (χ0v) is 8.02. The van der Waals surface area contributed by atoms with Crippen LogP contribution in [0.1, 0.15) is 39.5 Å². The van der Waals surface area contributed by atoms with E-state index in [0.29, 0.717) is 0 Å². The van der Waals surface area contributed by atoms with Crippen molar-refractivity contribution in [3.05, 3.63) is 12.3 Å². The first-order valence-electron chi connectivity index (χ1n) is 4.42. The topological polar surface area (TPSA) is 9.23 Å². The van der Waals surface area contributed by atoms with Gasteiger partial charge in [0.05, 0.1) is 12.9 Å². The van der Waals surface area contributed by atoms with Gasteiger partial charge in [0.25, 0.3) is 0 Å². The highest BCUT2D eigenvalue weighted by atomic mass is 16.5. The lowest BCUT2D eigenvalue weighted by atomic mass is 10.0. The highest BCUT2D eigenvalue weighted by Crippen LogP contribution is 2.13. The van der Waals surface area contributed by atoms with Crippen LogP contribution in [0.2, 0.25) is 0 Å². The largest absolute Gasteiger partial charge is 0.502 e. The fourth-order valence-corrected chi connectivity index (χ4v) is 0.954. The lowest BCUT2D eigenvalue weighted by Gasteiger charge is -2.08. The maximum atomic E-state index is 4.97. The third-order valence-corrected chi connectivity index (χ3v) is 2.14. The van der Waals surface area contributed by atoms with Gasteiger partial charge >= 0.3 is 0 Å². The van der Waals surface area contributed by atoms with Crippen molar-refractivity contribution in [1.82, 2.24) is 0 Å². The molecule has 0 aliphatic heterocycles. The summed E-state index contributed by atoms with van der Waals surface area (Å²) in [7, 11) is 1.69. The van der Waals surface area contributed by atoms with Crippen LogP contribution in [0.3, 0.4) is 0 Å². The molecule has 0 aromatic carbocycles. The lowest BCUT2D eigenvalue weighted by molar-refractivity contribution is 0.273. The van der Waals surface area contributed by atoms with E-state index in [0.717, 1.165) is 18.1 Å². The normalized spacial score (nSPS) is 12.6. The molecule has 0 aliphatic carbocycles. The standard InChI is InChI=1S/C10H20O/c1-5-9(2)7-6-8-10(3)11-4/h9H,3,5-8H2,1-2,4H3. The van der Waals surface area contributed by atoms with E-state index in [1.54, 1.807) is 7.11 Å². The van der Waals surface area contributed by atoms with Crippen molar-refractivity contribution in [2.75, 3.05) is 7.11 Å². The highest BCUT2D eigenvalue weighted by molar-refractivity contribution is 4.80. The van der Waals surface area contributed by atoms with Gasteiger partial charge < -0.3 is 4.74 Å². The molecule has 0 rings (SSSR count). The minimum atomic E-state index is 0.847. The first-order valence-corrected chi connectivity index (χ1v) is 4.42. The molecule has 1 nitrogen and oxygen atoms in total. The molecular weight excluding hydrogens is 136 g/mol. The van der Waals surface area contributed by atoms with Crippen LogP contribution < -0.4 is 0 Å². The number of methoxy groups -OCH3 is 1. The molecule has 0 heterocycles. The van der Waals surface area contributed by atoms with Crippen LogP contribution in [-0.2, 0) is 4.74 Å². The average Bonchev–Trinajstić information content (AvgIpc) is 2.04. The molecule has 66 valence electrons. The van der Waals surface area contributed by atoms with Gasteiger partial charge in [-0.05, 0) is 12.3 Å². The Kier molecular flexibility index (Phi) is 6.00. The van der Waals surface area contributed by atoms with E-state index in [1.807, 2.05) is 0 Å². The van der Waals surface area contributed by atoms with Gasteiger partial charge in [-0.3, -0.25) is 0 Å². The summed E-state index contributed by atoms with van der Waals surface area (Å²) in [6.07, 6.45) is 4.79. The summed E-state index contributed by atoms with van der Waals surface area (Å²) in [5.41, 5.74) is 0. The third kappa shape index (κ3) is 5.96. The van der Waals surface area contributed by atoms with E-state index in [1.165, 1.54) is 19.3 Å². The van der Waals surface area contributed by atoms with Crippen molar-refractivity contribution in [2.24, 2.45) is 5.92 Å². The van der Waals surface area contributed by atoms with E-state index in [-0.39, 0.29) is 0 Å². The van der Waals surface area contributed by atoms with Crippen molar-refractivity contribution < 1.29 is 4.74 Å². The second kappa shape index (κ2) is 6.26. The van der Waals surface area contributed by atoms with Gasteiger partial charge in [-0.2, -0.15) is 0 Å². The van der Waals surface area contributed by atoms with E-state index in [4.69, 9.17) is 4.74 Å². The Morgan fingerprint density at radius 2 is 2.18 bits per heavy atom. The zero-order valence-electron chi connectivity index (χ0n) is 8.02. The highest BCUT2D eigenvalue weighted by Gasteiger charge is 1.99. The molecule has 0 saturated heterocycles. The molecule has 0 aromatic rings. The van der Waals surface area contributed by atoms with Crippen molar-refractivity contribution in [2.45, 2.75) is 39.5 Å². The second-order valence-electron chi connectivity index (χ2n) is 3.15. The summed E-state index contributed by atoms with van der Waals surface area (Å²) < 4.78 is 4.97. The van der Waals surface area contributed by atoms with Crippen molar-refractivity contribution in [3.8, 4) is 0 Å². The van der Waals surface area contributed by atoms with E-state index >= 15 is 0 Å². The molecule has 0 bridgehead atoms. The maximum absolute atomic E-state index is 4.97. The molecule has 0 aliphatic rings. The van der Waals surface area contributed by atoms with Crippen molar-refractivity contribution in [1.29, 1.82) is 0 Å². The average molecular weight is 156 g/mol. The molecule has 0 radical (unpaired) electrons. The second-order valence-corrected chi connectivity index (χ2v) is 3.15. The van der Waals surface area contributed by atoms with E-state index in [2.05, 4.69) is 20.4 Å². The van der Waals surface area contributed by atoms with Crippen LogP contribution in [0.15, 0.2) is 12.3 Å². The Morgan fingerprint density at radius 3 is 2.64 bits per heavy atom. The van der Waals surface area contributed by atoms with Crippen LogP contribution in [-0.4, -0.2) is 7.11 Å². The first kappa shape index (κ1) is 10.5. The Hall–Kier alpha value is -0.460. The van der Waals surface area contributed by atoms with Crippen LogP contribution in [0.4, 0.5) is 0 Å². The number of hydrogen-bond donors (Lipinski definition) is 0. The van der Waals surface area contributed by atoms with Gasteiger partial charge in [-0.1, -0.05) is 33.3 Å². The molecule has 0 saturated carbocycles. The monoisotopic (exact) mass is 156 g/mol. The summed E-state index contributed by atoms with van der Waals surface area (Å²) in [4.78, 5) is 0. The molecule has 1 heteroatoms. The number of ether oxygens (including phenoxy) is 1. The molecule has 0 fully saturated rings. The van der Waals surface area contributed by atoms with Gasteiger partial charge in [-0.15, -0.1) is 0 Å². The number of rotatable bonds is 6. The van der Waals surface area contributed by atoms with Gasteiger partial charge in [0.1, 0.15) is 0 Å². The van der Waals surface area contributed by atoms with Crippen LogP contribution in [0, 0.1) is 5.92 Å². The SMILES string of the molecule is C=C(CCCC(C)CC)OC. The van der Waals surface area contributed by atoms with Gasteiger partial charge in [0.2, 0.25) is 0 Å². The summed E-state index contributed by atoms with van der Waals surface area (Å²) in [5, 5.41) is 0. The quantitative estimate of drug-likeness (QED) is 0.536. The Bertz CT molecular complexity index is 107. The predicted octanol–water partition coefficient (Wildman–Crippen LogP) is 3.36. The van der Waals surface area contributed by atoms with Gasteiger partial charge in [-0.25, -0.2) is 0 Å². The third-order valence-electron chi connectivity index (χ3n) is 2.14. The van der Waals surface area contributed by atoms with Gasteiger partial charge in [0, 0.05) is 6.42 Å². The molecule has 11 heavy (non-hydrogen) atoms. The fourth-order valence-electron chi connectivity index (χ4n) is 0.954. The molecule has 1 atom stereocenters. The summed E-state index contributed by atoms with van der Waals surface area (Å²) in [6, 6.07) is 0. The van der Waals surface area contributed by atoms with E-state index < -0.39 is 0 Å². The molecule has 0 N–H and O–H groups in total. The van der Waals surface area contributed by atoms with Crippen molar-refractivity contribution >= 4 is 0 Å². The maximum Gasteiger partial charge on any atom is 0.0883 e. The minimum Gasteiger partial charge on any atom is -0.502 e. The molecule has 0 amide bonds. The predicted molar refractivity (Wildman–Crippen MR) is 49.5 cm³/mol. The van der Waals surface area contributed by atoms with Gasteiger partial charge in [0.15, 0.2) is 0 Å². The van der Waals surface area contributed by atoms with Crippen LogP contribution in [0.25, 0.3) is 0 Å². The Labute approximate surface area is 70.4 Å². The minimum absolute atomic E-state index is 0.847. The Morgan fingerprint density at radius 1 is 1.55 bits per heavy atom. The summed E-state index contributed by atoms with van der Waals surface area (Å²) in [6.45, 7) is 8.29. The number of hydrogen-bond acceptors (Lipinski definition) is 1. The van der Waals surface area contributed by atoms with Crippen molar-refractivity contribution in [3.63, 3.8) is 0 Å². The molecule has 0 spiro atoms. The zero-order chi connectivity index (χ0) is 8.69. The summed E-state index contributed by atoms with van der Waals surface area (Å²) in [5.74, 6) is 1.76. The van der Waals surface area contributed by atoms with E-state index in [9.17, 15) is 0 Å². The number of allylic oxidation sites excluding steroid dienone is 1. The molecular formula is C10H20O. The smallest absolute Gasteiger partial charge is 0.0883 e. The van der Waals surface area contributed by atoms with Crippen LogP contribution >= 0.6 is 0 Å². The fraction of sp³-hybridized carbons (Fsp3) is 0.800.